The van der Waals surface area contributed by atoms with Gasteiger partial charge in [0.05, 0.1) is 0 Å². The largest absolute Gasteiger partial charge is 0.103 e. The SMILES string of the molecule is C=C[C@@H]1CC[C@H](C=C)C1c1ccccc1. The number of rotatable bonds is 3. The average molecular weight is 198 g/mol. The minimum absolute atomic E-state index is 0.598. The maximum atomic E-state index is 3.95. The molecule has 0 amide bonds. The Hall–Kier alpha value is -1.30. The molecule has 1 fully saturated rings. The van der Waals surface area contributed by atoms with Crippen molar-refractivity contribution in [2.75, 3.05) is 0 Å². The van der Waals surface area contributed by atoms with Crippen molar-refractivity contribution in [3.05, 3.63) is 61.2 Å². The summed E-state index contributed by atoms with van der Waals surface area (Å²) in [4.78, 5) is 0. The van der Waals surface area contributed by atoms with Crippen LogP contribution in [-0.2, 0) is 0 Å². The Morgan fingerprint density at radius 2 is 1.47 bits per heavy atom. The van der Waals surface area contributed by atoms with Crippen LogP contribution in [-0.4, -0.2) is 0 Å². The van der Waals surface area contributed by atoms with E-state index in [0.29, 0.717) is 17.8 Å². The van der Waals surface area contributed by atoms with E-state index in [4.69, 9.17) is 0 Å². The summed E-state index contributed by atoms with van der Waals surface area (Å²) in [5.74, 6) is 1.84. The molecule has 2 rings (SSSR count). The highest BCUT2D eigenvalue weighted by Gasteiger charge is 2.33. The average Bonchev–Trinajstić information content (AvgIpc) is 2.72. The van der Waals surface area contributed by atoms with E-state index in [1.165, 1.54) is 18.4 Å². The minimum Gasteiger partial charge on any atom is -0.103 e. The zero-order valence-electron chi connectivity index (χ0n) is 9.10. The fourth-order valence-corrected chi connectivity index (χ4v) is 2.76. The summed E-state index contributed by atoms with van der Waals surface area (Å²) < 4.78 is 0. The molecule has 0 N–H and O–H groups in total. The predicted octanol–water partition coefficient (Wildman–Crippen LogP) is 4.17. The Morgan fingerprint density at radius 1 is 0.933 bits per heavy atom. The highest BCUT2D eigenvalue weighted by atomic mass is 14.4. The molecule has 0 heterocycles. The normalized spacial score (nSPS) is 30.0. The first-order chi connectivity index (χ1) is 7.36. The van der Waals surface area contributed by atoms with Crippen LogP contribution in [0.2, 0.25) is 0 Å². The Morgan fingerprint density at radius 3 is 1.93 bits per heavy atom. The molecule has 1 aliphatic carbocycles. The van der Waals surface area contributed by atoms with E-state index in [-0.39, 0.29) is 0 Å². The molecule has 0 nitrogen and oxygen atoms in total. The first kappa shape index (κ1) is 10.2. The van der Waals surface area contributed by atoms with E-state index in [1.807, 2.05) is 0 Å². The predicted molar refractivity (Wildman–Crippen MR) is 65.8 cm³/mol. The molecule has 0 aromatic heterocycles. The molecule has 0 bridgehead atoms. The highest BCUT2D eigenvalue weighted by Crippen LogP contribution is 2.45. The van der Waals surface area contributed by atoms with Crippen LogP contribution in [0.3, 0.4) is 0 Å². The smallest absolute Gasteiger partial charge is 0.00363 e. The number of benzene rings is 1. The van der Waals surface area contributed by atoms with Gasteiger partial charge in [-0.25, -0.2) is 0 Å². The zero-order valence-corrected chi connectivity index (χ0v) is 9.10. The molecule has 1 aromatic rings. The summed E-state index contributed by atoms with van der Waals surface area (Å²) in [6.07, 6.45) is 6.72. The topological polar surface area (TPSA) is 0 Å². The maximum Gasteiger partial charge on any atom is -0.00363 e. The van der Waals surface area contributed by atoms with E-state index in [0.717, 1.165) is 0 Å². The van der Waals surface area contributed by atoms with Crippen LogP contribution in [0.4, 0.5) is 0 Å². The third-order valence-electron chi connectivity index (χ3n) is 3.55. The van der Waals surface area contributed by atoms with Crippen LogP contribution in [0.25, 0.3) is 0 Å². The number of allylic oxidation sites excluding steroid dienone is 2. The second-order valence-corrected chi connectivity index (χ2v) is 4.31. The summed E-state index contributed by atoms with van der Waals surface area (Å²) in [6, 6.07) is 10.8. The molecule has 15 heavy (non-hydrogen) atoms. The van der Waals surface area contributed by atoms with Gasteiger partial charge in [-0.15, -0.1) is 13.2 Å². The van der Waals surface area contributed by atoms with E-state index in [2.05, 4.69) is 55.6 Å². The highest BCUT2D eigenvalue weighted by molar-refractivity contribution is 5.25. The van der Waals surface area contributed by atoms with Gasteiger partial charge in [0.2, 0.25) is 0 Å². The second kappa shape index (κ2) is 4.48. The van der Waals surface area contributed by atoms with E-state index < -0.39 is 0 Å². The third-order valence-corrected chi connectivity index (χ3v) is 3.55. The quantitative estimate of drug-likeness (QED) is 0.639. The van der Waals surface area contributed by atoms with Gasteiger partial charge in [0.25, 0.3) is 0 Å². The molecule has 0 heteroatoms. The van der Waals surface area contributed by atoms with Crippen LogP contribution < -0.4 is 0 Å². The summed E-state index contributed by atoms with van der Waals surface area (Å²) in [5.41, 5.74) is 1.44. The lowest BCUT2D eigenvalue weighted by molar-refractivity contribution is 0.529. The third kappa shape index (κ3) is 1.90. The fourth-order valence-electron chi connectivity index (χ4n) is 2.76. The van der Waals surface area contributed by atoms with Gasteiger partial charge in [0.1, 0.15) is 0 Å². The van der Waals surface area contributed by atoms with Gasteiger partial charge in [-0.3, -0.25) is 0 Å². The van der Waals surface area contributed by atoms with Crippen LogP contribution >= 0.6 is 0 Å². The Bertz CT molecular complexity index is 320. The first-order valence-corrected chi connectivity index (χ1v) is 5.67. The van der Waals surface area contributed by atoms with Crippen molar-refractivity contribution in [3.63, 3.8) is 0 Å². The van der Waals surface area contributed by atoms with Crippen molar-refractivity contribution in [1.29, 1.82) is 0 Å². The fraction of sp³-hybridized carbons (Fsp3) is 0.333. The zero-order chi connectivity index (χ0) is 10.7. The van der Waals surface area contributed by atoms with Crippen molar-refractivity contribution >= 4 is 0 Å². The molecule has 0 radical (unpaired) electrons. The summed E-state index contributed by atoms with van der Waals surface area (Å²) in [5, 5.41) is 0. The van der Waals surface area contributed by atoms with Crippen molar-refractivity contribution in [2.45, 2.75) is 18.8 Å². The molecule has 1 aliphatic rings. The van der Waals surface area contributed by atoms with E-state index in [9.17, 15) is 0 Å². The van der Waals surface area contributed by atoms with E-state index in [1.54, 1.807) is 0 Å². The molecular weight excluding hydrogens is 180 g/mol. The summed E-state index contributed by atoms with van der Waals surface area (Å²) in [7, 11) is 0. The lowest BCUT2D eigenvalue weighted by Gasteiger charge is -2.21. The molecule has 1 saturated carbocycles. The van der Waals surface area contributed by atoms with Crippen molar-refractivity contribution in [3.8, 4) is 0 Å². The van der Waals surface area contributed by atoms with Crippen LogP contribution in [0, 0.1) is 11.8 Å². The number of hydrogen-bond donors (Lipinski definition) is 0. The molecule has 0 aliphatic heterocycles. The van der Waals surface area contributed by atoms with Gasteiger partial charge in [-0.1, -0.05) is 42.5 Å². The Kier molecular flexibility index (Phi) is 3.05. The molecular formula is C15H18. The van der Waals surface area contributed by atoms with Crippen molar-refractivity contribution in [1.82, 2.24) is 0 Å². The van der Waals surface area contributed by atoms with Gasteiger partial charge in [0, 0.05) is 0 Å². The lowest BCUT2D eigenvalue weighted by atomic mass is 9.83. The second-order valence-electron chi connectivity index (χ2n) is 4.31. The summed E-state index contributed by atoms with van der Waals surface area (Å²) >= 11 is 0. The molecule has 78 valence electrons. The Balaban J connectivity index is 2.31. The van der Waals surface area contributed by atoms with Gasteiger partial charge in [-0.2, -0.15) is 0 Å². The summed E-state index contributed by atoms with van der Waals surface area (Å²) in [6.45, 7) is 7.91. The first-order valence-electron chi connectivity index (χ1n) is 5.67. The van der Waals surface area contributed by atoms with Crippen molar-refractivity contribution < 1.29 is 0 Å². The van der Waals surface area contributed by atoms with E-state index >= 15 is 0 Å². The molecule has 3 atom stereocenters. The minimum atomic E-state index is 0.598. The molecule has 0 spiro atoms. The maximum absolute atomic E-state index is 3.95. The van der Waals surface area contributed by atoms with Crippen LogP contribution in [0.1, 0.15) is 24.3 Å². The standard InChI is InChI=1S/C15H18/c1-3-12-10-11-13(4-2)15(12)14-8-6-5-7-9-14/h3-9,12-13,15H,1-2,10-11H2/t12-,13+,15?. The molecule has 1 unspecified atom stereocenters. The molecule has 1 aromatic carbocycles. The van der Waals surface area contributed by atoms with Crippen LogP contribution in [0.15, 0.2) is 55.6 Å². The lowest BCUT2D eigenvalue weighted by Crippen LogP contribution is -2.09. The molecule has 0 saturated heterocycles. The van der Waals surface area contributed by atoms with Gasteiger partial charge < -0.3 is 0 Å². The Labute approximate surface area is 92.3 Å². The monoisotopic (exact) mass is 198 g/mol. The van der Waals surface area contributed by atoms with Gasteiger partial charge in [0.15, 0.2) is 0 Å². The number of hydrogen-bond acceptors (Lipinski definition) is 0. The van der Waals surface area contributed by atoms with Gasteiger partial charge >= 0.3 is 0 Å². The van der Waals surface area contributed by atoms with Crippen molar-refractivity contribution in [2.24, 2.45) is 11.8 Å². The van der Waals surface area contributed by atoms with Crippen LogP contribution in [0.5, 0.6) is 0 Å². The van der Waals surface area contributed by atoms with Gasteiger partial charge in [-0.05, 0) is 36.2 Å².